The zero-order valence-electron chi connectivity index (χ0n) is 14.2. The summed E-state index contributed by atoms with van der Waals surface area (Å²) in [5.41, 5.74) is 7.96. The summed E-state index contributed by atoms with van der Waals surface area (Å²) < 4.78 is 13.9. The van der Waals surface area contributed by atoms with Gasteiger partial charge in [-0.15, -0.1) is 0 Å². The van der Waals surface area contributed by atoms with Gasteiger partial charge < -0.3 is 15.2 Å². The molecule has 5 rings (SSSR count). The first kappa shape index (κ1) is 14.9. The van der Waals surface area contributed by atoms with Crippen molar-refractivity contribution in [3.05, 3.63) is 12.1 Å². The van der Waals surface area contributed by atoms with Gasteiger partial charge in [0.2, 0.25) is 5.95 Å². The van der Waals surface area contributed by atoms with Crippen LogP contribution in [-0.4, -0.2) is 28.7 Å². The number of guanidine groups is 1. The van der Waals surface area contributed by atoms with Crippen LogP contribution in [0.5, 0.6) is 11.5 Å². The van der Waals surface area contributed by atoms with Crippen molar-refractivity contribution in [1.82, 2.24) is 9.55 Å². The second-order valence-corrected chi connectivity index (χ2v) is 7.09. The molecule has 1 atom stereocenters. The van der Waals surface area contributed by atoms with E-state index in [-0.39, 0.29) is 6.17 Å². The summed E-state index contributed by atoms with van der Waals surface area (Å²) in [5.74, 6) is 3.27. The van der Waals surface area contributed by atoms with Gasteiger partial charge in [0.15, 0.2) is 17.5 Å². The monoisotopic (exact) mass is 341 g/mol. The second-order valence-electron chi connectivity index (χ2n) is 7.09. The summed E-state index contributed by atoms with van der Waals surface area (Å²) in [6.45, 7) is 1.35. The fourth-order valence-electron chi connectivity index (χ4n) is 4.20. The molecule has 1 aliphatic carbocycles. The molecule has 2 aliphatic heterocycles. The van der Waals surface area contributed by atoms with Gasteiger partial charge in [-0.25, -0.2) is 9.98 Å². The molecule has 0 radical (unpaired) electrons. The summed E-state index contributed by atoms with van der Waals surface area (Å²) in [7, 11) is 0. The quantitative estimate of drug-likeness (QED) is 0.832. The lowest BCUT2D eigenvalue weighted by molar-refractivity contribution is 0.259. The molecule has 2 aromatic rings. The van der Waals surface area contributed by atoms with Gasteiger partial charge in [0, 0.05) is 24.5 Å². The highest BCUT2D eigenvalue weighted by Gasteiger charge is 2.32. The highest BCUT2D eigenvalue weighted by atomic mass is 16.5. The molecule has 132 valence electrons. The number of imidazole rings is 1. The Kier molecular flexibility index (Phi) is 3.46. The minimum absolute atomic E-state index is 0.00583. The molecule has 25 heavy (non-hydrogen) atoms. The zero-order valence-corrected chi connectivity index (χ0v) is 14.2. The molecule has 0 amide bonds. The van der Waals surface area contributed by atoms with Crippen LogP contribution in [-0.2, 0) is 0 Å². The molecule has 1 aromatic heterocycles. The van der Waals surface area contributed by atoms with Crippen LogP contribution in [0.1, 0.15) is 44.7 Å². The molecule has 7 heteroatoms. The maximum Gasteiger partial charge on any atom is 0.212 e. The van der Waals surface area contributed by atoms with E-state index in [0.29, 0.717) is 25.1 Å². The lowest BCUT2D eigenvalue weighted by Crippen LogP contribution is -2.34. The largest absolute Gasteiger partial charge is 0.489 e. The van der Waals surface area contributed by atoms with Crippen molar-refractivity contribution in [1.29, 1.82) is 0 Å². The van der Waals surface area contributed by atoms with Gasteiger partial charge in [-0.05, 0) is 12.8 Å². The van der Waals surface area contributed by atoms with Gasteiger partial charge in [-0.3, -0.25) is 9.88 Å². The molecule has 3 N–H and O–H groups in total. The van der Waals surface area contributed by atoms with Gasteiger partial charge in [0.25, 0.3) is 0 Å². The Morgan fingerprint density at radius 1 is 1.04 bits per heavy atom. The summed E-state index contributed by atoms with van der Waals surface area (Å²) in [6.07, 6.45) is 7.11. The molecule has 1 unspecified atom stereocenters. The van der Waals surface area contributed by atoms with Crippen LogP contribution in [0.25, 0.3) is 11.0 Å². The summed E-state index contributed by atoms with van der Waals surface area (Å²) >= 11 is 0. The fraction of sp³-hybridized carbons (Fsp3) is 0.556. The number of anilines is 1. The molecular formula is C18H23N5O2. The van der Waals surface area contributed by atoms with Crippen LogP contribution in [0.2, 0.25) is 0 Å². The third-order valence-corrected chi connectivity index (χ3v) is 5.41. The van der Waals surface area contributed by atoms with Crippen molar-refractivity contribution in [2.45, 2.75) is 44.7 Å². The highest BCUT2D eigenvalue weighted by molar-refractivity contribution is 5.95. The number of aromatic nitrogens is 2. The van der Waals surface area contributed by atoms with Crippen molar-refractivity contribution in [2.75, 3.05) is 18.5 Å². The second kappa shape index (κ2) is 5.82. The number of nitrogens with zero attached hydrogens (tertiary/aromatic N) is 3. The zero-order chi connectivity index (χ0) is 16.8. The summed E-state index contributed by atoms with van der Waals surface area (Å²) in [4.78, 5) is 9.48. The molecule has 3 heterocycles. The molecule has 7 nitrogen and oxygen atoms in total. The molecule has 3 aliphatic rings. The lowest BCUT2D eigenvalue weighted by Gasteiger charge is -2.32. The number of rotatable bonds is 1. The Morgan fingerprint density at radius 2 is 1.80 bits per heavy atom. The van der Waals surface area contributed by atoms with Crippen LogP contribution < -0.4 is 20.5 Å². The molecular weight excluding hydrogens is 318 g/mol. The Balaban J connectivity index is 1.64. The Morgan fingerprint density at radius 3 is 2.60 bits per heavy atom. The topological polar surface area (TPSA) is 86.7 Å². The molecule has 1 saturated carbocycles. The normalized spacial score (nSPS) is 23.5. The molecule has 0 spiro atoms. The predicted molar refractivity (Wildman–Crippen MR) is 96.2 cm³/mol. The van der Waals surface area contributed by atoms with Crippen LogP contribution >= 0.6 is 0 Å². The number of hydrogen-bond acceptors (Lipinski definition) is 6. The van der Waals surface area contributed by atoms with E-state index < -0.39 is 0 Å². The molecule has 0 saturated heterocycles. The van der Waals surface area contributed by atoms with E-state index in [1.165, 1.54) is 32.1 Å². The van der Waals surface area contributed by atoms with Gasteiger partial charge in [-0.2, -0.15) is 0 Å². The Bertz CT molecular complexity index is 838. The third kappa shape index (κ3) is 2.49. The van der Waals surface area contributed by atoms with Gasteiger partial charge >= 0.3 is 0 Å². The average Bonchev–Trinajstić information content (AvgIpc) is 2.81. The minimum Gasteiger partial charge on any atom is -0.489 e. The predicted octanol–water partition coefficient (Wildman–Crippen LogP) is 3.02. The van der Waals surface area contributed by atoms with Crippen LogP contribution in [0, 0.1) is 5.92 Å². The van der Waals surface area contributed by atoms with Crippen molar-refractivity contribution < 1.29 is 9.47 Å². The average molecular weight is 341 g/mol. The van der Waals surface area contributed by atoms with Crippen molar-refractivity contribution in [3.8, 4) is 11.5 Å². The van der Waals surface area contributed by atoms with E-state index in [9.17, 15) is 0 Å². The van der Waals surface area contributed by atoms with E-state index in [0.717, 1.165) is 34.9 Å². The summed E-state index contributed by atoms with van der Waals surface area (Å²) in [5, 5.41) is 3.12. The molecule has 1 fully saturated rings. The van der Waals surface area contributed by atoms with Crippen LogP contribution in [0.3, 0.4) is 0 Å². The van der Waals surface area contributed by atoms with E-state index in [4.69, 9.17) is 25.2 Å². The number of benzene rings is 1. The molecule has 0 bridgehead atoms. The van der Waals surface area contributed by atoms with Gasteiger partial charge in [0.05, 0.1) is 24.2 Å². The van der Waals surface area contributed by atoms with Crippen LogP contribution in [0.15, 0.2) is 17.1 Å². The van der Waals surface area contributed by atoms with E-state index in [1.54, 1.807) is 0 Å². The van der Waals surface area contributed by atoms with E-state index in [1.807, 2.05) is 12.1 Å². The van der Waals surface area contributed by atoms with Gasteiger partial charge in [0.1, 0.15) is 6.17 Å². The van der Waals surface area contributed by atoms with Crippen molar-refractivity contribution in [2.24, 2.45) is 16.6 Å². The number of ether oxygens (including phenoxy) is 2. The number of aliphatic imine (C=N–C) groups is 1. The summed E-state index contributed by atoms with van der Waals surface area (Å²) in [6, 6.07) is 4.01. The smallest absolute Gasteiger partial charge is 0.212 e. The van der Waals surface area contributed by atoms with Crippen LogP contribution in [0.4, 0.5) is 5.95 Å². The van der Waals surface area contributed by atoms with E-state index >= 15 is 0 Å². The number of nitrogens with two attached hydrogens (primary N) is 1. The lowest BCUT2D eigenvalue weighted by atomic mass is 9.87. The maximum atomic E-state index is 6.05. The third-order valence-electron chi connectivity index (χ3n) is 5.41. The van der Waals surface area contributed by atoms with E-state index in [2.05, 4.69) is 9.88 Å². The first-order valence-electron chi connectivity index (χ1n) is 9.21. The van der Waals surface area contributed by atoms with Crippen molar-refractivity contribution in [3.63, 3.8) is 0 Å². The van der Waals surface area contributed by atoms with Gasteiger partial charge in [-0.1, -0.05) is 19.3 Å². The SMILES string of the molecule is NC1=NC(C2CCCCC2)n2c(nc3cc4c(cc32)OCCCO4)N1. The first-order chi connectivity index (χ1) is 12.3. The standard InChI is InChI=1S/C18H23N5O2/c19-17-21-16(11-5-2-1-3-6-11)23-13-10-15-14(24-7-4-8-25-15)9-12(13)20-18(23)22-17/h9-11,16H,1-8H2,(H3,19,20,21,22). The first-order valence-corrected chi connectivity index (χ1v) is 9.21. The van der Waals surface area contributed by atoms with Crippen molar-refractivity contribution >= 4 is 22.9 Å². The highest BCUT2D eigenvalue weighted by Crippen LogP contribution is 2.42. The maximum absolute atomic E-state index is 6.05. The number of hydrogen-bond donors (Lipinski definition) is 2. The Hall–Kier alpha value is -2.44. The fourth-order valence-corrected chi connectivity index (χ4v) is 4.20. The number of nitrogens with one attached hydrogen (secondary N) is 1. The Labute approximate surface area is 146 Å². The molecule has 1 aromatic carbocycles. The number of fused-ring (bicyclic) bond motifs is 4. The minimum atomic E-state index is 0.00583.